The zero-order valence-electron chi connectivity index (χ0n) is 18.9. The lowest BCUT2D eigenvalue weighted by molar-refractivity contribution is 0.103. The molecule has 0 bridgehead atoms. The Balaban J connectivity index is 0. The average Bonchev–Trinajstić information content (AvgIpc) is 2.55. The van der Waals surface area contributed by atoms with Crippen LogP contribution in [0.4, 0.5) is 0 Å². The van der Waals surface area contributed by atoms with E-state index in [9.17, 15) is 5.11 Å². The highest BCUT2D eigenvalue weighted by molar-refractivity contribution is 5.05. The maximum Gasteiger partial charge on any atom is 0.0800 e. The first-order valence-corrected chi connectivity index (χ1v) is 10.1. The summed E-state index contributed by atoms with van der Waals surface area (Å²) in [6.07, 6.45) is 16.3. The van der Waals surface area contributed by atoms with Crippen LogP contribution < -0.4 is 0 Å². The molecule has 1 atom stereocenters. The fraction of sp³-hybridized carbons (Fsp3) is 0.600. The minimum atomic E-state index is -0.702. The summed E-state index contributed by atoms with van der Waals surface area (Å²) >= 11 is 0. The molecule has 0 saturated heterocycles. The number of allylic oxidation sites excluding steroid dienone is 7. The van der Waals surface area contributed by atoms with Crippen LogP contribution in [0.3, 0.4) is 0 Å². The molecule has 0 saturated carbocycles. The molecule has 0 aliphatic carbocycles. The van der Waals surface area contributed by atoms with Gasteiger partial charge in [-0.05, 0) is 87.0 Å². The monoisotopic (exact) mass is 376 g/mol. The maximum atomic E-state index is 9.49. The molecule has 0 aromatic heterocycles. The van der Waals surface area contributed by atoms with Gasteiger partial charge in [-0.15, -0.1) is 6.58 Å². The molecule has 27 heavy (non-hydrogen) atoms. The molecule has 1 unspecified atom stereocenters. The highest BCUT2D eigenvalue weighted by atomic mass is 16.3. The van der Waals surface area contributed by atoms with E-state index in [0.717, 1.165) is 38.5 Å². The van der Waals surface area contributed by atoms with Gasteiger partial charge in [0.15, 0.2) is 0 Å². The summed E-state index contributed by atoms with van der Waals surface area (Å²) in [6, 6.07) is 0. The van der Waals surface area contributed by atoms with Crippen LogP contribution in [-0.4, -0.2) is 22.4 Å². The Bertz CT molecular complexity index is 508. The molecule has 2 N–H and O–H groups in total. The van der Waals surface area contributed by atoms with Gasteiger partial charge in [-0.2, -0.15) is 0 Å². The van der Waals surface area contributed by atoms with Gasteiger partial charge in [0.1, 0.15) is 0 Å². The second-order valence-electron chi connectivity index (χ2n) is 8.02. The fourth-order valence-electron chi connectivity index (χ4n) is 2.25. The molecule has 0 spiro atoms. The zero-order valence-corrected chi connectivity index (χ0v) is 18.9. The van der Waals surface area contributed by atoms with Crippen molar-refractivity contribution in [1.29, 1.82) is 0 Å². The molecule has 0 aliphatic heterocycles. The van der Waals surface area contributed by atoms with Crippen molar-refractivity contribution in [1.82, 2.24) is 0 Å². The summed E-state index contributed by atoms with van der Waals surface area (Å²) in [7, 11) is 0. The van der Waals surface area contributed by atoms with Crippen molar-refractivity contribution in [3.8, 4) is 0 Å². The normalized spacial score (nSPS) is 13.8. The highest BCUT2D eigenvalue weighted by Gasteiger charge is 2.12. The van der Waals surface area contributed by atoms with Crippen LogP contribution >= 0.6 is 0 Å². The van der Waals surface area contributed by atoms with Crippen molar-refractivity contribution < 1.29 is 10.2 Å². The van der Waals surface area contributed by atoms with Crippen molar-refractivity contribution in [2.45, 2.75) is 92.6 Å². The molecule has 0 aromatic rings. The summed E-state index contributed by atoms with van der Waals surface area (Å²) in [6.45, 7) is 18.2. The van der Waals surface area contributed by atoms with Gasteiger partial charge < -0.3 is 10.2 Å². The van der Waals surface area contributed by atoms with Crippen LogP contribution in [-0.2, 0) is 0 Å². The Morgan fingerprint density at radius 3 is 1.67 bits per heavy atom. The van der Waals surface area contributed by atoms with Gasteiger partial charge in [0.2, 0.25) is 0 Å². The van der Waals surface area contributed by atoms with Gasteiger partial charge in [0.05, 0.1) is 12.2 Å². The Labute approximate surface area is 169 Å². The Morgan fingerprint density at radius 1 is 0.778 bits per heavy atom. The predicted octanol–water partition coefficient (Wildman–Crippen LogP) is 7.07. The van der Waals surface area contributed by atoms with E-state index in [1.165, 1.54) is 22.3 Å². The second kappa shape index (κ2) is 16.8. The molecule has 156 valence electrons. The first kappa shape index (κ1) is 27.8. The summed E-state index contributed by atoms with van der Waals surface area (Å²) in [5.41, 5.74) is 4.73. The molecule has 0 heterocycles. The van der Waals surface area contributed by atoms with Gasteiger partial charge in [-0.3, -0.25) is 0 Å². The van der Waals surface area contributed by atoms with E-state index < -0.39 is 5.60 Å². The van der Waals surface area contributed by atoms with Gasteiger partial charge >= 0.3 is 0 Å². The van der Waals surface area contributed by atoms with E-state index in [2.05, 4.69) is 66.3 Å². The van der Waals surface area contributed by atoms with Crippen molar-refractivity contribution in [2.75, 3.05) is 6.61 Å². The Morgan fingerprint density at radius 2 is 1.22 bits per heavy atom. The molecule has 0 aliphatic rings. The molecule has 0 rings (SSSR count). The fourth-order valence-corrected chi connectivity index (χ4v) is 2.25. The van der Waals surface area contributed by atoms with Crippen LogP contribution in [0.2, 0.25) is 0 Å². The standard InChI is InChI=1S/C15H26O.C10H18O/c1-13(2)7-5-8-14(3)9-6-10-15(4)11-12-16;1-5-10(4,11)8-6-7-9(2)3/h7,9,11,16H,5-6,8,10,12H2,1-4H3;5,7,11H,1,6,8H2,2-4H3. The van der Waals surface area contributed by atoms with Crippen LogP contribution in [0.25, 0.3) is 0 Å². The molecule has 2 heteroatoms. The van der Waals surface area contributed by atoms with E-state index in [-0.39, 0.29) is 6.61 Å². The lowest BCUT2D eigenvalue weighted by atomic mass is 10.00. The molecule has 0 amide bonds. The van der Waals surface area contributed by atoms with Crippen molar-refractivity contribution in [3.63, 3.8) is 0 Å². The van der Waals surface area contributed by atoms with Gasteiger partial charge in [0.25, 0.3) is 0 Å². The lowest BCUT2D eigenvalue weighted by Gasteiger charge is -2.16. The largest absolute Gasteiger partial charge is 0.392 e. The summed E-state index contributed by atoms with van der Waals surface area (Å²) < 4.78 is 0. The average molecular weight is 377 g/mol. The van der Waals surface area contributed by atoms with Crippen molar-refractivity contribution in [2.24, 2.45) is 0 Å². The Kier molecular flexibility index (Phi) is 17.3. The van der Waals surface area contributed by atoms with Crippen molar-refractivity contribution in [3.05, 3.63) is 59.3 Å². The maximum absolute atomic E-state index is 9.49. The van der Waals surface area contributed by atoms with Gasteiger partial charge in [0, 0.05) is 0 Å². The third kappa shape index (κ3) is 22.6. The third-order valence-corrected chi connectivity index (χ3v) is 4.21. The first-order valence-electron chi connectivity index (χ1n) is 10.1. The predicted molar refractivity (Wildman–Crippen MR) is 122 cm³/mol. The zero-order chi connectivity index (χ0) is 21.3. The molecule has 0 radical (unpaired) electrons. The molecular formula is C25H44O2. The minimum absolute atomic E-state index is 0.162. The summed E-state index contributed by atoms with van der Waals surface area (Å²) in [5, 5.41) is 18.2. The quantitative estimate of drug-likeness (QED) is 0.379. The van der Waals surface area contributed by atoms with E-state index in [1.54, 1.807) is 13.0 Å². The van der Waals surface area contributed by atoms with Crippen LogP contribution in [0.1, 0.15) is 87.0 Å². The van der Waals surface area contributed by atoms with Crippen LogP contribution in [0.15, 0.2) is 59.3 Å². The summed E-state index contributed by atoms with van der Waals surface area (Å²) in [5.74, 6) is 0. The SMILES string of the molecule is C=CC(C)(O)CCC=C(C)C.CC(C)=CCCC(C)=CCCC(C)=CCO. The number of hydrogen-bond acceptors (Lipinski definition) is 2. The van der Waals surface area contributed by atoms with E-state index in [0.29, 0.717) is 0 Å². The Hall–Kier alpha value is -1.38. The topological polar surface area (TPSA) is 40.5 Å². The summed E-state index contributed by atoms with van der Waals surface area (Å²) in [4.78, 5) is 0. The number of aliphatic hydroxyl groups excluding tert-OH is 1. The lowest BCUT2D eigenvalue weighted by Crippen LogP contribution is -2.19. The molecule has 0 fully saturated rings. The van der Waals surface area contributed by atoms with E-state index >= 15 is 0 Å². The first-order chi connectivity index (χ1) is 12.5. The smallest absolute Gasteiger partial charge is 0.0800 e. The van der Waals surface area contributed by atoms with E-state index in [1.807, 2.05) is 6.08 Å². The third-order valence-electron chi connectivity index (χ3n) is 4.21. The van der Waals surface area contributed by atoms with Crippen molar-refractivity contribution >= 4 is 0 Å². The highest BCUT2D eigenvalue weighted by Crippen LogP contribution is 2.13. The molecule has 0 aromatic carbocycles. The van der Waals surface area contributed by atoms with Gasteiger partial charge in [-0.1, -0.05) is 52.7 Å². The second-order valence-corrected chi connectivity index (χ2v) is 8.02. The van der Waals surface area contributed by atoms with Crippen LogP contribution in [0.5, 0.6) is 0 Å². The minimum Gasteiger partial charge on any atom is -0.392 e. The number of hydrogen-bond donors (Lipinski definition) is 2. The molecule has 2 nitrogen and oxygen atoms in total. The van der Waals surface area contributed by atoms with E-state index in [4.69, 9.17) is 5.11 Å². The van der Waals surface area contributed by atoms with Crippen LogP contribution in [0, 0.1) is 0 Å². The molecular weight excluding hydrogens is 332 g/mol. The number of rotatable bonds is 11. The number of aliphatic hydroxyl groups is 2. The van der Waals surface area contributed by atoms with Gasteiger partial charge in [-0.25, -0.2) is 0 Å².